The maximum Gasteiger partial charge on any atom is 0.304 e. The predicted octanol–water partition coefficient (Wildman–Crippen LogP) is 5.32. The summed E-state index contributed by atoms with van der Waals surface area (Å²) in [6.45, 7) is 5.44. The number of nitrogens with one attached hydrogen (secondary N) is 1. The van der Waals surface area contributed by atoms with Gasteiger partial charge in [0.05, 0.1) is 4.88 Å². The summed E-state index contributed by atoms with van der Waals surface area (Å²) in [5.74, 6) is -1.14. The van der Waals surface area contributed by atoms with Crippen molar-refractivity contribution in [3.63, 3.8) is 0 Å². The van der Waals surface area contributed by atoms with E-state index in [1.165, 1.54) is 35.3 Å². The number of aromatic nitrogens is 2. The second-order valence-electron chi connectivity index (χ2n) is 8.96. The summed E-state index contributed by atoms with van der Waals surface area (Å²) in [7, 11) is 3.76. The maximum absolute atomic E-state index is 13.8. The number of H-pyrrole nitrogens is 1. The molecule has 4 rings (SSSR count). The molecular weight excluding hydrogens is 479 g/mol. The van der Waals surface area contributed by atoms with Crippen LogP contribution in [0.5, 0.6) is 0 Å². The number of hydrogen-bond acceptors (Lipinski definition) is 6. The molecule has 0 atom stereocenters. The van der Waals surface area contributed by atoms with Crippen molar-refractivity contribution < 1.29 is 18.7 Å². The largest absolute Gasteiger partial charge is 0.444 e. The number of ether oxygens (including phenoxy) is 1. The smallest absolute Gasteiger partial charge is 0.304 e. The van der Waals surface area contributed by atoms with Gasteiger partial charge in [-0.1, -0.05) is 29.5 Å². The minimum atomic E-state index is -0.483. The lowest BCUT2D eigenvalue weighted by atomic mass is 10.0. The topological polar surface area (TPSA) is 78.5 Å². The first-order chi connectivity index (χ1) is 17.1. The zero-order valence-corrected chi connectivity index (χ0v) is 21.8. The quantitative estimate of drug-likeness (QED) is 0.258. The normalized spacial score (nSPS) is 11.1. The molecule has 2 aromatic carbocycles. The lowest BCUT2D eigenvalue weighted by molar-refractivity contribution is -0.144. The van der Waals surface area contributed by atoms with E-state index >= 15 is 0 Å². The molecule has 0 spiro atoms. The molecule has 0 unspecified atom stereocenters. The van der Waals surface area contributed by atoms with E-state index in [2.05, 4.69) is 16.0 Å². The monoisotopic (exact) mass is 508 g/mol. The number of aryl methyl sites for hydroxylation is 2. The molecule has 0 fully saturated rings. The van der Waals surface area contributed by atoms with Crippen LogP contribution in [0.2, 0.25) is 0 Å². The minimum Gasteiger partial charge on any atom is -0.444 e. The zero-order chi connectivity index (χ0) is 26.0. The Labute approximate surface area is 213 Å². The Bertz CT molecular complexity index is 1430. The summed E-state index contributed by atoms with van der Waals surface area (Å²) in [5, 5.41) is 1.46. The lowest BCUT2D eigenvalue weighted by Crippen LogP contribution is -2.36. The number of halogens is 1. The number of fused-ring (bicyclic) bond motifs is 1. The van der Waals surface area contributed by atoms with Crippen molar-refractivity contribution in [2.75, 3.05) is 32.3 Å². The van der Waals surface area contributed by atoms with Crippen molar-refractivity contribution in [2.45, 2.75) is 27.2 Å². The molecule has 188 valence electrons. The third-order valence-corrected chi connectivity index (χ3v) is 7.33. The molecule has 7 nitrogen and oxygen atoms in total. The first kappa shape index (κ1) is 25.4. The van der Waals surface area contributed by atoms with Crippen molar-refractivity contribution in [2.24, 2.45) is 0 Å². The number of hydrogen-bond donors (Lipinski definition) is 1. The minimum absolute atomic E-state index is 0.202. The molecule has 0 aliphatic carbocycles. The van der Waals surface area contributed by atoms with Gasteiger partial charge in [-0.2, -0.15) is 0 Å². The second-order valence-corrected chi connectivity index (χ2v) is 9.93. The first-order valence-corrected chi connectivity index (χ1v) is 12.4. The Hall–Kier alpha value is -3.72. The molecule has 0 saturated heterocycles. The Morgan fingerprint density at radius 1 is 1.11 bits per heavy atom. The van der Waals surface area contributed by atoms with E-state index in [4.69, 9.17) is 4.74 Å². The molecule has 1 amide bonds. The number of carbonyl (C=O) groups is 2. The van der Waals surface area contributed by atoms with Crippen LogP contribution < -0.4 is 4.90 Å². The van der Waals surface area contributed by atoms with E-state index in [1.54, 1.807) is 6.07 Å². The average molecular weight is 509 g/mol. The van der Waals surface area contributed by atoms with Gasteiger partial charge in [0.1, 0.15) is 11.5 Å². The highest BCUT2D eigenvalue weighted by atomic mass is 32.1. The number of rotatable bonds is 8. The van der Waals surface area contributed by atoms with Crippen molar-refractivity contribution >= 4 is 39.2 Å². The van der Waals surface area contributed by atoms with E-state index in [1.807, 2.05) is 51.2 Å². The summed E-state index contributed by atoms with van der Waals surface area (Å²) in [4.78, 5) is 37.3. The van der Waals surface area contributed by atoms with Gasteiger partial charge in [-0.05, 0) is 60.7 Å². The highest BCUT2D eigenvalue weighted by Crippen LogP contribution is 2.36. The van der Waals surface area contributed by atoms with Gasteiger partial charge in [0.2, 0.25) is 0 Å². The lowest BCUT2D eigenvalue weighted by Gasteiger charge is -2.22. The number of nitrogens with zero attached hydrogens (tertiary/aromatic N) is 3. The van der Waals surface area contributed by atoms with Crippen LogP contribution in [0, 0.1) is 19.7 Å². The number of anilines is 1. The number of amides is 1. The van der Waals surface area contributed by atoms with Gasteiger partial charge >= 0.3 is 5.97 Å². The molecule has 0 aliphatic heterocycles. The van der Waals surface area contributed by atoms with Crippen LogP contribution >= 0.6 is 11.3 Å². The SMILES string of the molecule is CC(=O)OCN(CCc1c[nH]c2ccc(F)cc12)C(=O)c1nc(N(C)C)sc1-c1ccc(C)c(C)c1. The van der Waals surface area contributed by atoms with Gasteiger partial charge < -0.3 is 19.5 Å². The molecule has 1 N–H and O–H groups in total. The number of thiazole rings is 1. The van der Waals surface area contributed by atoms with Crippen molar-refractivity contribution in [1.82, 2.24) is 14.9 Å². The first-order valence-electron chi connectivity index (χ1n) is 11.6. The number of carbonyl (C=O) groups excluding carboxylic acids is 2. The summed E-state index contributed by atoms with van der Waals surface area (Å²) in [5.41, 5.74) is 5.18. The van der Waals surface area contributed by atoms with Crippen LogP contribution in [0.3, 0.4) is 0 Å². The van der Waals surface area contributed by atoms with Crippen molar-refractivity contribution in [3.8, 4) is 10.4 Å². The highest BCUT2D eigenvalue weighted by Gasteiger charge is 2.26. The van der Waals surface area contributed by atoms with E-state index in [9.17, 15) is 14.0 Å². The fourth-order valence-corrected chi connectivity index (χ4v) is 4.86. The van der Waals surface area contributed by atoms with E-state index in [0.29, 0.717) is 17.2 Å². The Morgan fingerprint density at radius 2 is 1.89 bits per heavy atom. The standard InChI is InChI=1S/C27H29FN4O3S/c1-16-6-7-19(12-17(16)2)25-24(30-27(36-25)31(4)5)26(34)32(15-35-18(3)33)11-10-20-14-29-23-9-8-21(28)13-22(20)23/h6-9,12-14,29H,10-11,15H2,1-5H3. The van der Waals surface area contributed by atoms with E-state index in [-0.39, 0.29) is 25.0 Å². The Morgan fingerprint density at radius 3 is 2.58 bits per heavy atom. The van der Waals surface area contributed by atoms with Crippen molar-refractivity contribution in [3.05, 3.63) is 70.8 Å². The zero-order valence-electron chi connectivity index (χ0n) is 21.0. The van der Waals surface area contributed by atoms with Gasteiger partial charge in [0.25, 0.3) is 5.91 Å². The average Bonchev–Trinajstić information content (AvgIpc) is 3.45. The van der Waals surface area contributed by atoms with Crippen LogP contribution in [0.25, 0.3) is 21.3 Å². The van der Waals surface area contributed by atoms with Gasteiger partial charge in [0, 0.05) is 44.7 Å². The molecule has 2 heterocycles. The van der Waals surface area contributed by atoms with Crippen LogP contribution in [0.4, 0.5) is 9.52 Å². The van der Waals surface area contributed by atoms with Gasteiger partial charge in [-0.15, -0.1) is 0 Å². The van der Waals surface area contributed by atoms with Crippen LogP contribution in [0.15, 0.2) is 42.6 Å². The summed E-state index contributed by atoms with van der Waals surface area (Å²) in [6.07, 6.45) is 2.26. The number of aromatic amines is 1. The highest BCUT2D eigenvalue weighted by molar-refractivity contribution is 7.19. The molecule has 4 aromatic rings. The molecule has 2 aromatic heterocycles. The predicted molar refractivity (Wildman–Crippen MR) is 141 cm³/mol. The van der Waals surface area contributed by atoms with E-state index < -0.39 is 5.97 Å². The van der Waals surface area contributed by atoms with Crippen molar-refractivity contribution in [1.29, 1.82) is 0 Å². The molecule has 9 heteroatoms. The Balaban J connectivity index is 1.68. The van der Waals surface area contributed by atoms with Gasteiger partial charge in [-0.3, -0.25) is 9.59 Å². The van der Waals surface area contributed by atoms with Gasteiger partial charge in [0.15, 0.2) is 11.9 Å². The third kappa shape index (κ3) is 5.41. The third-order valence-electron chi connectivity index (χ3n) is 6.06. The van der Waals surface area contributed by atoms with E-state index in [0.717, 1.165) is 38.0 Å². The number of esters is 1. The number of benzene rings is 2. The van der Waals surface area contributed by atoms with Gasteiger partial charge in [-0.25, -0.2) is 9.37 Å². The molecule has 0 radical (unpaired) electrons. The maximum atomic E-state index is 13.8. The fourth-order valence-electron chi connectivity index (χ4n) is 3.88. The molecule has 36 heavy (non-hydrogen) atoms. The molecular formula is C27H29FN4O3S. The molecule has 0 saturated carbocycles. The summed E-state index contributed by atoms with van der Waals surface area (Å²) in [6, 6.07) is 10.6. The summed E-state index contributed by atoms with van der Waals surface area (Å²) >= 11 is 1.44. The van der Waals surface area contributed by atoms with Crippen LogP contribution in [-0.2, 0) is 16.0 Å². The Kier molecular flexibility index (Phi) is 7.40. The summed E-state index contributed by atoms with van der Waals surface area (Å²) < 4.78 is 19.1. The second kappa shape index (κ2) is 10.5. The molecule has 0 aliphatic rings. The van der Waals surface area contributed by atoms with Crippen LogP contribution in [-0.4, -0.2) is 54.1 Å². The molecule has 0 bridgehead atoms. The fraction of sp³-hybridized carbons (Fsp3) is 0.296. The van der Waals surface area contributed by atoms with Crippen LogP contribution in [0.1, 0.15) is 34.1 Å².